The highest BCUT2D eigenvalue weighted by atomic mass is 16.5. The van der Waals surface area contributed by atoms with Gasteiger partial charge < -0.3 is 15.4 Å². The molecule has 2 N–H and O–H groups in total. The maximum atomic E-state index is 11.7. The second kappa shape index (κ2) is 8.67. The van der Waals surface area contributed by atoms with Crippen molar-refractivity contribution in [3.8, 4) is 5.75 Å². The molecule has 0 radical (unpaired) electrons. The van der Waals surface area contributed by atoms with E-state index in [2.05, 4.69) is 38.3 Å². The normalized spacial score (nSPS) is 11.2. The summed E-state index contributed by atoms with van der Waals surface area (Å²) in [6, 6.07) is 7.82. The first-order valence-electron chi connectivity index (χ1n) is 7.65. The Hall–Kier alpha value is -1.55. The molecule has 0 aliphatic carbocycles. The first-order chi connectivity index (χ1) is 9.92. The monoisotopic (exact) mass is 292 g/mol. The molecule has 4 nitrogen and oxygen atoms in total. The summed E-state index contributed by atoms with van der Waals surface area (Å²) in [4.78, 5) is 11.7. The minimum atomic E-state index is -0.0676. The van der Waals surface area contributed by atoms with Gasteiger partial charge in [0.2, 0.25) is 0 Å². The van der Waals surface area contributed by atoms with E-state index in [0.717, 1.165) is 30.7 Å². The van der Waals surface area contributed by atoms with Crippen molar-refractivity contribution >= 4 is 5.91 Å². The van der Waals surface area contributed by atoms with Crippen molar-refractivity contribution in [2.24, 2.45) is 0 Å². The summed E-state index contributed by atoms with van der Waals surface area (Å²) < 4.78 is 5.64. The number of rotatable bonds is 8. The smallest absolute Gasteiger partial charge is 0.257 e. The van der Waals surface area contributed by atoms with Gasteiger partial charge in [-0.1, -0.05) is 31.5 Å². The molecule has 21 heavy (non-hydrogen) atoms. The van der Waals surface area contributed by atoms with E-state index < -0.39 is 0 Å². The van der Waals surface area contributed by atoms with Crippen LogP contribution in [0.25, 0.3) is 0 Å². The summed E-state index contributed by atoms with van der Waals surface area (Å²) in [5.41, 5.74) is 1.11. The zero-order valence-corrected chi connectivity index (χ0v) is 13.7. The Morgan fingerprint density at radius 2 is 1.95 bits per heavy atom. The summed E-state index contributed by atoms with van der Waals surface area (Å²) in [5.74, 6) is 0.696. The van der Waals surface area contributed by atoms with Crippen molar-refractivity contribution < 1.29 is 9.53 Å². The Kier molecular flexibility index (Phi) is 7.23. The number of ether oxygens (including phenoxy) is 1. The van der Waals surface area contributed by atoms with Crippen LogP contribution < -0.4 is 15.4 Å². The fraction of sp³-hybridized carbons (Fsp3) is 0.588. The molecule has 1 aromatic carbocycles. The first kappa shape index (κ1) is 17.5. The lowest BCUT2D eigenvalue weighted by atomic mass is 10.1. The lowest BCUT2D eigenvalue weighted by molar-refractivity contribution is -0.123. The Balaban J connectivity index is 2.49. The molecule has 1 aromatic rings. The molecule has 0 fully saturated rings. The number of para-hydroxylation sites is 1. The molecule has 0 heterocycles. The molecule has 0 aliphatic rings. The Labute approximate surface area is 128 Å². The van der Waals surface area contributed by atoms with Crippen LogP contribution in [-0.4, -0.2) is 24.6 Å². The zero-order valence-electron chi connectivity index (χ0n) is 13.7. The van der Waals surface area contributed by atoms with Gasteiger partial charge in [0.15, 0.2) is 6.61 Å². The summed E-state index contributed by atoms with van der Waals surface area (Å²) in [7, 11) is 0. The molecular weight excluding hydrogens is 264 g/mol. The van der Waals surface area contributed by atoms with Crippen LogP contribution in [0.4, 0.5) is 0 Å². The van der Waals surface area contributed by atoms with Crippen LogP contribution in [0.2, 0.25) is 0 Å². The van der Waals surface area contributed by atoms with Crippen LogP contribution >= 0.6 is 0 Å². The molecule has 0 unspecified atom stereocenters. The van der Waals surface area contributed by atoms with E-state index in [4.69, 9.17) is 4.74 Å². The number of amides is 1. The number of carbonyl (C=O) groups is 1. The summed E-state index contributed by atoms with van der Waals surface area (Å²) >= 11 is 0. The largest absolute Gasteiger partial charge is 0.483 e. The second-order valence-corrected chi connectivity index (χ2v) is 6.20. The average Bonchev–Trinajstić information content (AvgIpc) is 2.43. The van der Waals surface area contributed by atoms with Crippen LogP contribution in [0.3, 0.4) is 0 Å². The fourth-order valence-corrected chi connectivity index (χ4v) is 1.75. The summed E-state index contributed by atoms with van der Waals surface area (Å²) in [5, 5.41) is 6.28. The first-order valence-corrected chi connectivity index (χ1v) is 7.65. The number of benzene rings is 1. The minimum absolute atomic E-state index is 0.0463. The highest BCUT2D eigenvalue weighted by molar-refractivity contribution is 5.77. The third kappa shape index (κ3) is 7.71. The number of nitrogens with one attached hydrogen (secondary N) is 2. The highest BCUT2D eigenvalue weighted by Crippen LogP contribution is 2.18. The SMILES string of the molecule is CCCCNC(=O)COc1ccccc1CNC(C)(C)C. The quantitative estimate of drug-likeness (QED) is 0.724. The van der Waals surface area contributed by atoms with Crippen LogP contribution in [0.1, 0.15) is 46.1 Å². The molecule has 0 spiro atoms. The van der Waals surface area contributed by atoms with Crippen molar-refractivity contribution in [3.05, 3.63) is 29.8 Å². The maximum absolute atomic E-state index is 11.7. The van der Waals surface area contributed by atoms with Crippen LogP contribution in [0, 0.1) is 0 Å². The van der Waals surface area contributed by atoms with E-state index in [0.29, 0.717) is 6.54 Å². The van der Waals surface area contributed by atoms with Gasteiger partial charge in [0.25, 0.3) is 5.91 Å². The van der Waals surface area contributed by atoms with Gasteiger partial charge >= 0.3 is 0 Å². The van der Waals surface area contributed by atoms with E-state index >= 15 is 0 Å². The molecule has 1 amide bonds. The molecule has 0 atom stereocenters. The van der Waals surface area contributed by atoms with Gasteiger partial charge in [-0.05, 0) is 33.3 Å². The molecule has 0 saturated carbocycles. The molecule has 0 aromatic heterocycles. The fourth-order valence-electron chi connectivity index (χ4n) is 1.75. The van der Waals surface area contributed by atoms with Crippen molar-refractivity contribution in [1.29, 1.82) is 0 Å². The van der Waals surface area contributed by atoms with Gasteiger partial charge in [-0.25, -0.2) is 0 Å². The minimum Gasteiger partial charge on any atom is -0.483 e. The Morgan fingerprint density at radius 1 is 1.24 bits per heavy atom. The van der Waals surface area contributed by atoms with E-state index in [1.165, 1.54) is 0 Å². The van der Waals surface area contributed by atoms with Crippen LogP contribution in [0.15, 0.2) is 24.3 Å². The van der Waals surface area contributed by atoms with Crippen molar-refractivity contribution in [3.63, 3.8) is 0 Å². The number of hydrogen-bond donors (Lipinski definition) is 2. The standard InChI is InChI=1S/C17H28N2O2/c1-5-6-11-18-16(20)13-21-15-10-8-7-9-14(15)12-19-17(2,3)4/h7-10,19H,5-6,11-13H2,1-4H3,(H,18,20). The van der Waals surface area contributed by atoms with Crippen LogP contribution in [-0.2, 0) is 11.3 Å². The van der Waals surface area contributed by atoms with Crippen molar-refractivity contribution in [2.45, 2.75) is 52.6 Å². The van der Waals surface area contributed by atoms with Gasteiger partial charge in [-0.15, -0.1) is 0 Å². The topological polar surface area (TPSA) is 50.4 Å². The van der Waals surface area contributed by atoms with Gasteiger partial charge in [-0.3, -0.25) is 4.79 Å². The Bertz CT molecular complexity index is 439. The molecule has 0 bridgehead atoms. The predicted octanol–water partition coefficient (Wildman–Crippen LogP) is 2.87. The maximum Gasteiger partial charge on any atom is 0.257 e. The molecule has 0 aliphatic heterocycles. The van der Waals surface area contributed by atoms with Gasteiger partial charge in [-0.2, -0.15) is 0 Å². The molecule has 118 valence electrons. The van der Waals surface area contributed by atoms with E-state index in [9.17, 15) is 4.79 Å². The Morgan fingerprint density at radius 3 is 2.62 bits per heavy atom. The van der Waals surface area contributed by atoms with E-state index in [1.807, 2.05) is 24.3 Å². The second-order valence-electron chi connectivity index (χ2n) is 6.20. The lowest BCUT2D eigenvalue weighted by Gasteiger charge is -2.21. The third-order valence-corrected chi connectivity index (χ3v) is 2.99. The third-order valence-electron chi connectivity index (χ3n) is 2.99. The van der Waals surface area contributed by atoms with E-state index in [-0.39, 0.29) is 18.1 Å². The van der Waals surface area contributed by atoms with Gasteiger partial charge in [0.05, 0.1) is 0 Å². The van der Waals surface area contributed by atoms with Crippen LogP contribution in [0.5, 0.6) is 5.75 Å². The average molecular weight is 292 g/mol. The zero-order chi connectivity index (χ0) is 15.7. The highest BCUT2D eigenvalue weighted by Gasteiger charge is 2.11. The predicted molar refractivity (Wildman–Crippen MR) is 86.4 cm³/mol. The summed E-state index contributed by atoms with van der Waals surface area (Å²) in [6.45, 7) is 9.97. The van der Waals surface area contributed by atoms with Gasteiger partial charge in [0, 0.05) is 24.2 Å². The number of unbranched alkanes of at least 4 members (excludes halogenated alkanes) is 1. The van der Waals surface area contributed by atoms with Crippen molar-refractivity contribution in [2.75, 3.05) is 13.2 Å². The number of hydrogen-bond acceptors (Lipinski definition) is 3. The molecule has 1 rings (SSSR count). The van der Waals surface area contributed by atoms with Gasteiger partial charge in [0.1, 0.15) is 5.75 Å². The summed E-state index contributed by atoms with van der Waals surface area (Å²) in [6.07, 6.45) is 2.07. The molecule has 4 heteroatoms. The van der Waals surface area contributed by atoms with E-state index in [1.54, 1.807) is 0 Å². The molecular formula is C17H28N2O2. The molecule has 0 saturated heterocycles. The number of carbonyl (C=O) groups excluding carboxylic acids is 1. The van der Waals surface area contributed by atoms with Crippen molar-refractivity contribution in [1.82, 2.24) is 10.6 Å². The lowest BCUT2D eigenvalue weighted by Crippen LogP contribution is -2.35.